The lowest BCUT2D eigenvalue weighted by Crippen LogP contribution is -2.34. The molecular formula is C26H23ClN2O2. The third-order valence-corrected chi connectivity index (χ3v) is 5.69. The van der Waals surface area contributed by atoms with E-state index in [9.17, 15) is 9.59 Å². The van der Waals surface area contributed by atoms with Gasteiger partial charge in [-0.2, -0.15) is 0 Å². The highest BCUT2D eigenvalue weighted by Crippen LogP contribution is 2.37. The molecule has 3 aromatic carbocycles. The van der Waals surface area contributed by atoms with Crippen molar-refractivity contribution in [2.45, 2.75) is 20.4 Å². The number of hydrogen-bond acceptors (Lipinski definition) is 3. The van der Waals surface area contributed by atoms with Gasteiger partial charge in [-0.25, -0.2) is 4.90 Å². The van der Waals surface area contributed by atoms with Crippen molar-refractivity contribution in [2.75, 3.05) is 11.9 Å². The standard InChI is InChI=1S/C26H23ClN2O2/c1-17-9-12-20(13-10-17)23-24(28(3)16-19-7-5-4-6-8-19)26(31)29(25(23)30)22-15-21(27)14-11-18(22)2/h4-15H,16H2,1-3H3. The number of anilines is 1. The summed E-state index contributed by atoms with van der Waals surface area (Å²) in [7, 11) is 1.84. The van der Waals surface area contributed by atoms with E-state index in [-0.39, 0.29) is 11.8 Å². The van der Waals surface area contributed by atoms with E-state index in [1.165, 1.54) is 4.90 Å². The first kappa shape index (κ1) is 20.9. The lowest BCUT2D eigenvalue weighted by Gasteiger charge is -2.22. The number of likely N-dealkylation sites (N-methyl/N-ethyl adjacent to an activating group) is 1. The number of benzene rings is 3. The molecule has 0 unspecified atom stereocenters. The zero-order valence-electron chi connectivity index (χ0n) is 17.7. The Balaban J connectivity index is 1.83. The van der Waals surface area contributed by atoms with Crippen LogP contribution in [0.3, 0.4) is 0 Å². The van der Waals surface area contributed by atoms with E-state index in [0.29, 0.717) is 28.5 Å². The number of carbonyl (C=O) groups excluding carboxylic acids is 2. The normalized spacial score (nSPS) is 13.9. The molecule has 0 fully saturated rings. The van der Waals surface area contributed by atoms with E-state index in [1.807, 2.05) is 86.5 Å². The molecule has 2 amide bonds. The smallest absolute Gasteiger partial charge is 0.282 e. The summed E-state index contributed by atoms with van der Waals surface area (Å²) in [5, 5.41) is 0.476. The summed E-state index contributed by atoms with van der Waals surface area (Å²) in [6.07, 6.45) is 0. The van der Waals surface area contributed by atoms with Gasteiger partial charge in [0, 0.05) is 18.6 Å². The zero-order chi connectivity index (χ0) is 22.1. The summed E-state index contributed by atoms with van der Waals surface area (Å²) in [6, 6.07) is 22.8. The molecule has 0 N–H and O–H groups in total. The second-order valence-corrected chi connectivity index (χ2v) is 8.24. The Morgan fingerprint density at radius 2 is 1.55 bits per heavy atom. The SMILES string of the molecule is Cc1ccc(C2=C(N(C)Cc3ccccc3)C(=O)N(c3cc(Cl)ccc3C)C2=O)cc1. The molecule has 0 radical (unpaired) electrons. The van der Waals surface area contributed by atoms with Gasteiger partial charge < -0.3 is 4.90 Å². The van der Waals surface area contributed by atoms with E-state index in [2.05, 4.69) is 0 Å². The topological polar surface area (TPSA) is 40.6 Å². The predicted octanol–water partition coefficient (Wildman–Crippen LogP) is 5.37. The average Bonchev–Trinajstić information content (AvgIpc) is 3.01. The molecule has 4 nitrogen and oxygen atoms in total. The maximum atomic E-state index is 13.6. The molecule has 4 rings (SSSR count). The Kier molecular flexibility index (Phi) is 5.66. The first-order valence-electron chi connectivity index (χ1n) is 10.1. The Bertz CT molecular complexity index is 1180. The number of aryl methyl sites for hydroxylation is 2. The van der Waals surface area contributed by atoms with Crippen molar-refractivity contribution in [1.82, 2.24) is 4.90 Å². The number of halogens is 1. The van der Waals surface area contributed by atoms with E-state index in [0.717, 1.165) is 22.3 Å². The molecule has 0 aliphatic carbocycles. The molecule has 0 saturated heterocycles. The van der Waals surface area contributed by atoms with E-state index in [4.69, 9.17) is 11.6 Å². The van der Waals surface area contributed by atoms with Crippen molar-refractivity contribution in [2.24, 2.45) is 0 Å². The third-order valence-electron chi connectivity index (χ3n) is 5.46. The zero-order valence-corrected chi connectivity index (χ0v) is 18.5. The van der Waals surface area contributed by atoms with Gasteiger partial charge in [0.15, 0.2) is 0 Å². The van der Waals surface area contributed by atoms with Crippen LogP contribution in [0.2, 0.25) is 5.02 Å². The van der Waals surface area contributed by atoms with Gasteiger partial charge in [-0.3, -0.25) is 9.59 Å². The molecule has 0 aromatic heterocycles. The number of imide groups is 1. The van der Waals surface area contributed by atoms with Crippen LogP contribution in [0.4, 0.5) is 5.69 Å². The lowest BCUT2D eigenvalue weighted by atomic mass is 10.0. The molecule has 0 bridgehead atoms. The van der Waals surface area contributed by atoms with Crippen LogP contribution in [0.5, 0.6) is 0 Å². The van der Waals surface area contributed by atoms with Crippen LogP contribution in [0.25, 0.3) is 5.57 Å². The molecular weight excluding hydrogens is 408 g/mol. The van der Waals surface area contributed by atoms with Crippen molar-refractivity contribution in [3.05, 3.63) is 106 Å². The van der Waals surface area contributed by atoms with Crippen molar-refractivity contribution < 1.29 is 9.59 Å². The van der Waals surface area contributed by atoms with Gasteiger partial charge in [-0.1, -0.05) is 77.8 Å². The summed E-state index contributed by atoms with van der Waals surface area (Å²) in [5.41, 5.74) is 4.97. The Hall–Kier alpha value is -3.37. The van der Waals surface area contributed by atoms with Crippen LogP contribution < -0.4 is 4.90 Å². The second-order valence-electron chi connectivity index (χ2n) is 7.81. The van der Waals surface area contributed by atoms with E-state index in [1.54, 1.807) is 12.1 Å². The molecule has 1 heterocycles. The lowest BCUT2D eigenvalue weighted by molar-refractivity contribution is -0.120. The molecule has 3 aromatic rings. The van der Waals surface area contributed by atoms with Crippen LogP contribution in [-0.2, 0) is 16.1 Å². The monoisotopic (exact) mass is 430 g/mol. The van der Waals surface area contributed by atoms with E-state index >= 15 is 0 Å². The highest BCUT2D eigenvalue weighted by molar-refractivity contribution is 6.45. The maximum Gasteiger partial charge on any atom is 0.282 e. The molecule has 0 atom stereocenters. The summed E-state index contributed by atoms with van der Waals surface area (Å²) in [4.78, 5) is 30.3. The first-order valence-corrected chi connectivity index (χ1v) is 10.5. The quantitative estimate of drug-likeness (QED) is 0.511. The molecule has 1 aliphatic heterocycles. The van der Waals surface area contributed by atoms with Crippen LogP contribution in [0.1, 0.15) is 22.3 Å². The summed E-state index contributed by atoms with van der Waals surface area (Å²) >= 11 is 6.19. The van der Waals surface area contributed by atoms with Crippen LogP contribution in [0.15, 0.2) is 78.5 Å². The Morgan fingerprint density at radius 1 is 0.871 bits per heavy atom. The van der Waals surface area contributed by atoms with Gasteiger partial charge in [0.25, 0.3) is 11.8 Å². The average molecular weight is 431 g/mol. The van der Waals surface area contributed by atoms with Gasteiger partial charge in [-0.05, 0) is 42.7 Å². The predicted molar refractivity (Wildman–Crippen MR) is 125 cm³/mol. The van der Waals surface area contributed by atoms with Gasteiger partial charge in [0.2, 0.25) is 0 Å². The number of hydrogen-bond donors (Lipinski definition) is 0. The minimum Gasteiger partial charge on any atom is -0.365 e. The molecule has 31 heavy (non-hydrogen) atoms. The minimum atomic E-state index is -0.343. The second kappa shape index (κ2) is 8.40. The van der Waals surface area contributed by atoms with Crippen molar-refractivity contribution in [3.63, 3.8) is 0 Å². The fourth-order valence-corrected chi connectivity index (χ4v) is 4.00. The van der Waals surface area contributed by atoms with Gasteiger partial charge >= 0.3 is 0 Å². The highest BCUT2D eigenvalue weighted by Gasteiger charge is 2.42. The largest absolute Gasteiger partial charge is 0.365 e. The molecule has 156 valence electrons. The summed E-state index contributed by atoms with van der Waals surface area (Å²) < 4.78 is 0. The summed E-state index contributed by atoms with van der Waals surface area (Å²) in [6.45, 7) is 4.36. The number of carbonyl (C=O) groups is 2. The van der Waals surface area contributed by atoms with Crippen LogP contribution in [-0.4, -0.2) is 23.8 Å². The van der Waals surface area contributed by atoms with Crippen LogP contribution in [0, 0.1) is 13.8 Å². The van der Waals surface area contributed by atoms with Gasteiger partial charge in [0.05, 0.1) is 11.3 Å². The maximum absolute atomic E-state index is 13.6. The van der Waals surface area contributed by atoms with E-state index < -0.39 is 0 Å². The van der Waals surface area contributed by atoms with Gasteiger partial charge in [-0.15, -0.1) is 0 Å². The van der Waals surface area contributed by atoms with Crippen LogP contribution >= 0.6 is 11.6 Å². The fourth-order valence-electron chi connectivity index (χ4n) is 3.83. The molecule has 1 aliphatic rings. The van der Waals surface area contributed by atoms with Crippen molar-refractivity contribution >= 4 is 34.7 Å². The first-order chi connectivity index (χ1) is 14.9. The molecule has 0 spiro atoms. The molecule has 0 saturated carbocycles. The fraction of sp³-hybridized carbons (Fsp3) is 0.154. The number of amides is 2. The number of rotatable bonds is 5. The van der Waals surface area contributed by atoms with Crippen molar-refractivity contribution in [1.29, 1.82) is 0 Å². The highest BCUT2D eigenvalue weighted by atomic mass is 35.5. The molecule has 5 heteroatoms. The third kappa shape index (κ3) is 3.99. The number of nitrogens with zero attached hydrogens (tertiary/aromatic N) is 2. The Labute approximate surface area is 187 Å². The Morgan fingerprint density at radius 3 is 2.23 bits per heavy atom. The van der Waals surface area contributed by atoms with Crippen molar-refractivity contribution in [3.8, 4) is 0 Å². The van der Waals surface area contributed by atoms with Gasteiger partial charge in [0.1, 0.15) is 5.70 Å². The summed E-state index contributed by atoms with van der Waals surface area (Å²) in [5.74, 6) is -0.682. The minimum absolute atomic E-state index is 0.339.